The maximum absolute atomic E-state index is 13.5. The maximum atomic E-state index is 13.5. The molecule has 0 aliphatic carbocycles. The molecular formula is C43H52N8O7S. The Morgan fingerprint density at radius 3 is 2.25 bits per heavy atom. The summed E-state index contributed by atoms with van der Waals surface area (Å²) in [5, 5.41) is 10.2. The van der Waals surface area contributed by atoms with Gasteiger partial charge in [-0.2, -0.15) is 4.98 Å². The summed E-state index contributed by atoms with van der Waals surface area (Å²) in [6.07, 6.45) is 2.99. The molecule has 0 saturated carbocycles. The third kappa shape index (κ3) is 11.4. The molecule has 4 N–H and O–H groups in total. The summed E-state index contributed by atoms with van der Waals surface area (Å²) in [4.78, 5) is 40.5. The molecule has 0 unspecified atom stereocenters. The van der Waals surface area contributed by atoms with Gasteiger partial charge in [-0.15, -0.1) is 0 Å². The number of nitrogens with one attached hydrogen (secondary N) is 4. The number of rotatable bonds is 14. The highest BCUT2D eigenvalue weighted by Crippen LogP contribution is 2.40. The maximum Gasteiger partial charge on any atom is 0.323 e. The van der Waals surface area contributed by atoms with Crippen LogP contribution < -0.4 is 34.9 Å². The van der Waals surface area contributed by atoms with Crippen LogP contribution in [0.15, 0.2) is 79.0 Å². The second-order valence-corrected chi connectivity index (χ2v) is 17.3. The molecule has 312 valence electrons. The Bertz CT molecular complexity index is 2430. The summed E-state index contributed by atoms with van der Waals surface area (Å²) in [5.74, 6) is 1.85. The van der Waals surface area contributed by atoms with E-state index in [2.05, 4.69) is 47.5 Å². The third-order valence-corrected chi connectivity index (χ3v) is 10.5. The summed E-state index contributed by atoms with van der Waals surface area (Å²) in [6, 6.07) is 20.9. The largest absolute Gasteiger partial charge is 0.497 e. The monoisotopic (exact) mass is 824 g/mol. The molecule has 5 aromatic rings. The molecule has 1 aliphatic heterocycles. The van der Waals surface area contributed by atoms with Gasteiger partial charge in [-0.25, -0.2) is 18.2 Å². The quantitative estimate of drug-likeness (QED) is 0.0986. The van der Waals surface area contributed by atoms with Crippen LogP contribution in [-0.2, 0) is 21.9 Å². The molecule has 0 radical (unpaired) electrons. The second kappa shape index (κ2) is 18.3. The van der Waals surface area contributed by atoms with Gasteiger partial charge >= 0.3 is 6.03 Å². The van der Waals surface area contributed by atoms with Crippen molar-refractivity contribution in [2.75, 3.05) is 82.1 Å². The number of nitrogens with zero attached hydrogens (tertiary/aromatic N) is 4. The second-order valence-electron chi connectivity index (χ2n) is 15.5. The summed E-state index contributed by atoms with van der Waals surface area (Å²) in [7, 11) is 1.44. The van der Waals surface area contributed by atoms with Crippen LogP contribution >= 0.6 is 0 Å². The molecule has 2 heterocycles. The molecule has 16 heteroatoms. The predicted octanol–water partition coefficient (Wildman–Crippen LogP) is 6.32. The van der Waals surface area contributed by atoms with Crippen molar-refractivity contribution in [1.29, 1.82) is 0 Å². The first kappa shape index (κ1) is 42.6. The van der Waals surface area contributed by atoms with E-state index in [1.165, 1.54) is 7.11 Å². The van der Waals surface area contributed by atoms with E-state index in [1.54, 1.807) is 49.7 Å². The van der Waals surface area contributed by atoms with Gasteiger partial charge in [-0.3, -0.25) is 14.4 Å². The number of carbonyl (C=O) groups excluding carboxylic acids is 2. The highest BCUT2D eigenvalue weighted by Gasteiger charge is 2.23. The van der Waals surface area contributed by atoms with Gasteiger partial charge in [0.2, 0.25) is 15.9 Å². The average molecular weight is 825 g/mol. The Morgan fingerprint density at radius 1 is 0.847 bits per heavy atom. The fourth-order valence-electron chi connectivity index (χ4n) is 6.73. The molecule has 6 rings (SSSR count). The number of carbonyl (C=O) groups is 2. The van der Waals surface area contributed by atoms with E-state index in [4.69, 9.17) is 14.2 Å². The lowest BCUT2D eigenvalue weighted by Crippen LogP contribution is -2.46. The molecule has 0 bridgehead atoms. The van der Waals surface area contributed by atoms with Crippen molar-refractivity contribution in [1.82, 2.24) is 25.1 Å². The Kier molecular flexibility index (Phi) is 13.2. The van der Waals surface area contributed by atoms with Crippen molar-refractivity contribution in [3.05, 3.63) is 102 Å². The van der Waals surface area contributed by atoms with Crippen molar-refractivity contribution >= 4 is 49.8 Å². The number of methoxy groups -OCH3 is 2. The standard InChI is InChI=1S/C43H52N8O7S/c1-43(2,3)30-26-35(40(57-6)36(27-30)49-59(7,54)55)47-42(53)46-34-12-13-37(33-11-9-8-10-32(33)34)58-39-14-15-44-38(48-39)24-28-22-29(25-31(23-28)56-5)41(52)45-16-17-51-20-18-50(4)19-21-51/h8-15,22-23,25-27,49H,16-21,24H2,1-7H3,(H,45,52)(H2,46,47,53). The van der Waals surface area contributed by atoms with E-state index >= 15 is 0 Å². The normalized spacial score (nSPS) is 13.7. The molecule has 1 aliphatic rings. The lowest BCUT2D eigenvalue weighted by molar-refractivity contribution is 0.0940. The van der Waals surface area contributed by atoms with E-state index in [0.29, 0.717) is 58.2 Å². The van der Waals surface area contributed by atoms with Crippen LogP contribution in [0.2, 0.25) is 0 Å². The summed E-state index contributed by atoms with van der Waals surface area (Å²) >= 11 is 0. The van der Waals surface area contributed by atoms with Crippen LogP contribution in [0.25, 0.3) is 10.8 Å². The van der Waals surface area contributed by atoms with Crippen LogP contribution in [0.3, 0.4) is 0 Å². The van der Waals surface area contributed by atoms with Gasteiger partial charge in [0.1, 0.15) is 17.3 Å². The van der Waals surface area contributed by atoms with Crippen molar-refractivity contribution in [2.45, 2.75) is 32.6 Å². The van der Waals surface area contributed by atoms with Crippen molar-refractivity contribution in [2.24, 2.45) is 0 Å². The van der Waals surface area contributed by atoms with Gasteiger partial charge < -0.3 is 35.1 Å². The molecule has 1 saturated heterocycles. The number of urea groups is 1. The molecular weight excluding hydrogens is 773 g/mol. The van der Waals surface area contributed by atoms with Gasteiger partial charge in [0.25, 0.3) is 5.91 Å². The summed E-state index contributed by atoms with van der Waals surface area (Å²) in [5.41, 5.74) is 2.71. The Hall–Kier alpha value is -5.97. The molecule has 1 fully saturated rings. The lowest BCUT2D eigenvalue weighted by atomic mass is 9.86. The minimum Gasteiger partial charge on any atom is -0.497 e. The molecule has 0 atom stereocenters. The highest BCUT2D eigenvalue weighted by atomic mass is 32.2. The lowest BCUT2D eigenvalue weighted by Gasteiger charge is -2.32. The van der Waals surface area contributed by atoms with Crippen molar-refractivity contribution < 1.29 is 32.2 Å². The molecule has 1 aromatic heterocycles. The number of aromatic nitrogens is 2. The zero-order chi connectivity index (χ0) is 42.3. The number of fused-ring (bicyclic) bond motifs is 1. The van der Waals surface area contributed by atoms with E-state index in [9.17, 15) is 18.0 Å². The van der Waals surface area contributed by atoms with E-state index in [-0.39, 0.29) is 28.4 Å². The molecule has 0 spiro atoms. The predicted molar refractivity (Wildman–Crippen MR) is 231 cm³/mol. The number of anilines is 3. The zero-order valence-corrected chi connectivity index (χ0v) is 35.3. The van der Waals surface area contributed by atoms with Gasteiger partial charge in [0, 0.05) is 74.3 Å². The van der Waals surface area contributed by atoms with E-state index < -0.39 is 16.1 Å². The minimum atomic E-state index is -3.65. The number of ether oxygens (including phenoxy) is 3. The topological polar surface area (TPSA) is 176 Å². The van der Waals surface area contributed by atoms with Crippen LogP contribution in [0.1, 0.15) is 48.1 Å². The van der Waals surface area contributed by atoms with Gasteiger partial charge in [-0.1, -0.05) is 45.0 Å². The van der Waals surface area contributed by atoms with Gasteiger partial charge in [0.05, 0.1) is 37.5 Å². The minimum absolute atomic E-state index is 0.168. The van der Waals surface area contributed by atoms with E-state index in [1.807, 2.05) is 57.2 Å². The fourth-order valence-corrected chi connectivity index (χ4v) is 7.28. The first-order chi connectivity index (χ1) is 28.1. The SMILES string of the molecule is COc1cc(Cc2nccc(Oc3ccc(NC(=O)Nc4cc(C(C)(C)C)cc(NS(C)(=O)=O)c4OC)c4ccccc34)n2)cc(C(=O)NCCN2CCN(C)CC2)c1. The first-order valence-electron chi connectivity index (χ1n) is 19.3. The number of hydrogen-bond donors (Lipinski definition) is 4. The molecule has 15 nitrogen and oxygen atoms in total. The number of piperazine rings is 1. The molecule has 59 heavy (non-hydrogen) atoms. The highest BCUT2D eigenvalue weighted by molar-refractivity contribution is 7.92. The summed E-state index contributed by atoms with van der Waals surface area (Å²) < 4.78 is 44.3. The van der Waals surface area contributed by atoms with Crippen LogP contribution in [0.4, 0.5) is 21.9 Å². The number of likely N-dealkylation sites (N-methyl/N-ethyl adjacent to an activating group) is 1. The number of hydrogen-bond acceptors (Lipinski definition) is 11. The molecule has 4 aromatic carbocycles. The van der Waals surface area contributed by atoms with Crippen LogP contribution in [0, 0.1) is 0 Å². The third-order valence-electron chi connectivity index (χ3n) is 9.87. The number of amides is 3. The Labute approximate surface area is 345 Å². The summed E-state index contributed by atoms with van der Waals surface area (Å²) in [6.45, 7) is 11.3. The number of sulfonamides is 1. The number of benzene rings is 4. The molecule has 3 amide bonds. The van der Waals surface area contributed by atoms with Crippen LogP contribution in [-0.4, -0.2) is 107 Å². The first-order valence-corrected chi connectivity index (χ1v) is 21.1. The smallest absolute Gasteiger partial charge is 0.323 e. The van der Waals surface area contributed by atoms with Crippen molar-refractivity contribution in [3.63, 3.8) is 0 Å². The average Bonchev–Trinajstić information content (AvgIpc) is 3.18. The van der Waals surface area contributed by atoms with Crippen molar-refractivity contribution in [3.8, 4) is 23.1 Å². The van der Waals surface area contributed by atoms with E-state index in [0.717, 1.165) is 50.1 Å². The van der Waals surface area contributed by atoms with Crippen LogP contribution in [0.5, 0.6) is 23.1 Å². The van der Waals surface area contributed by atoms with Gasteiger partial charge in [-0.05, 0) is 66.1 Å². The zero-order valence-electron chi connectivity index (χ0n) is 34.5. The Balaban J connectivity index is 1.16. The Morgan fingerprint density at radius 2 is 1.56 bits per heavy atom. The fraction of sp³-hybridized carbons (Fsp3) is 0.349. The van der Waals surface area contributed by atoms with Gasteiger partial charge in [0.15, 0.2) is 5.75 Å².